The fourth-order valence-electron chi connectivity index (χ4n) is 4.37. The molecular formula is C31H41N3O6. The predicted octanol–water partition coefficient (Wildman–Crippen LogP) is 2.90. The molecule has 0 aromatic heterocycles. The van der Waals surface area contributed by atoms with Crippen molar-refractivity contribution in [2.75, 3.05) is 19.7 Å². The van der Waals surface area contributed by atoms with Crippen LogP contribution in [-0.2, 0) is 20.9 Å². The summed E-state index contributed by atoms with van der Waals surface area (Å²) in [4.78, 5) is 31.0. The van der Waals surface area contributed by atoms with Crippen LogP contribution in [0, 0.1) is 24.7 Å². The molecule has 3 rings (SSSR count). The first-order valence-corrected chi connectivity index (χ1v) is 13.6. The van der Waals surface area contributed by atoms with Gasteiger partial charge >= 0.3 is 6.09 Å². The zero-order chi connectivity index (χ0) is 29.3. The molecule has 1 aliphatic rings. The van der Waals surface area contributed by atoms with Crippen molar-refractivity contribution in [3.63, 3.8) is 0 Å². The number of aliphatic hydroxyl groups is 2. The molecule has 4 atom stereocenters. The Morgan fingerprint density at radius 2 is 1.60 bits per heavy atom. The van der Waals surface area contributed by atoms with Crippen molar-refractivity contribution in [1.82, 2.24) is 15.7 Å². The first kappa shape index (κ1) is 31.1. The molecule has 2 amide bonds. The van der Waals surface area contributed by atoms with Gasteiger partial charge in [-0.2, -0.15) is 5.06 Å². The number of ether oxygens (including phenoxy) is 1. The van der Waals surface area contributed by atoms with Gasteiger partial charge in [-0.05, 0) is 70.9 Å². The second-order valence-corrected chi connectivity index (χ2v) is 11.1. The zero-order valence-electron chi connectivity index (χ0n) is 23.9. The molecular weight excluding hydrogens is 510 g/mol. The Bertz CT molecular complexity index is 1180. The van der Waals surface area contributed by atoms with Crippen molar-refractivity contribution in [3.05, 3.63) is 70.8 Å². The molecule has 9 heteroatoms. The van der Waals surface area contributed by atoms with E-state index in [-0.39, 0.29) is 19.1 Å². The maximum Gasteiger partial charge on any atom is 0.407 e. The highest BCUT2D eigenvalue weighted by Crippen LogP contribution is 2.31. The Morgan fingerprint density at radius 3 is 2.15 bits per heavy atom. The van der Waals surface area contributed by atoms with E-state index in [1.165, 1.54) is 10.6 Å². The van der Waals surface area contributed by atoms with Gasteiger partial charge < -0.3 is 25.6 Å². The summed E-state index contributed by atoms with van der Waals surface area (Å²) in [6.45, 7) is 9.58. The lowest BCUT2D eigenvalue weighted by atomic mass is 9.92. The Kier molecular flexibility index (Phi) is 11.1. The number of nitrogens with zero attached hydrogens (tertiary/aromatic N) is 1. The maximum atomic E-state index is 13.2. The van der Waals surface area contributed by atoms with E-state index in [1.807, 2.05) is 55.5 Å². The van der Waals surface area contributed by atoms with Crippen molar-refractivity contribution >= 4 is 12.0 Å². The number of carbonyl (C=O) groups excluding carboxylic acids is 2. The van der Waals surface area contributed by atoms with Crippen LogP contribution in [0.4, 0.5) is 4.79 Å². The lowest BCUT2D eigenvalue weighted by Gasteiger charge is -2.24. The van der Waals surface area contributed by atoms with Crippen LogP contribution < -0.4 is 10.6 Å². The van der Waals surface area contributed by atoms with E-state index < -0.39 is 35.9 Å². The molecule has 0 bridgehead atoms. The van der Waals surface area contributed by atoms with E-state index in [0.29, 0.717) is 19.5 Å². The van der Waals surface area contributed by atoms with Crippen LogP contribution in [0.5, 0.6) is 0 Å². The summed E-state index contributed by atoms with van der Waals surface area (Å²) < 4.78 is 5.21. The highest BCUT2D eigenvalue weighted by Gasteiger charge is 2.48. The molecule has 2 aromatic rings. The van der Waals surface area contributed by atoms with Crippen LogP contribution >= 0.6 is 0 Å². The van der Waals surface area contributed by atoms with Gasteiger partial charge in [0.2, 0.25) is 5.91 Å². The second kappa shape index (κ2) is 14.3. The summed E-state index contributed by atoms with van der Waals surface area (Å²) in [6, 6.07) is 14.9. The Labute approximate surface area is 236 Å². The third-order valence-electron chi connectivity index (χ3n) is 6.37. The topological polar surface area (TPSA) is 120 Å². The molecule has 1 heterocycles. The van der Waals surface area contributed by atoms with Crippen molar-refractivity contribution in [2.45, 2.75) is 71.4 Å². The molecule has 2 aromatic carbocycles. The van der Waals surface area contributed by atoms with Crippen LogP contribution in [0.3, 0.4) is 0 Å². The van der Waals surface area contributed by atoms with E-state index >= 15 is 0 Å². The Morgan fingerprint density at radius 1 is 1.02 bits per heavy atom. The molecule has 40 heavy (non-hydrogen) atoms. The highest BCUT2D eigenvalue weighted by molar-refractivity contribution is 5.82. The SMILES string of the molecule is Cc1ccc(C#Cc2ccc(CN3O[C@@H]([C@H](C)O)[C@@H](CO)[C@H]3C(=O)NCCCNC(=O)OC(C)(C)C)cc2)cc1. The number of hydrogen-bond acceptors (Lipinski definition) is 7. The molecule has 0 aliphatic carbocycles. The number of hydrogen-bond donors (Lipinski definition) is 4. The third kappa shape index (κ3) is 9.35. The number of rotatable bonds is 9. The molecule has 0 radical (unpaired) electrons. The first-order chi connectivity index (χ1) is 19.0. The minimum Gasteiger partial charge on any atom is -0.444 e. The third-order valence-corrected chi connectivity index (χ3v) is 6.37. The summed E-state index contributed by atoms with van der Waals surface area (Å²) in [5.41, 5.74) is 3.29. The summed E-state index contributed by atoms with van der Waals surface area (Å²) in [5, 5.41) is 27.4. The second-order valence-electron chi connectivity index (χ2n) is 11.1. The molecule has 0 unspecified atom stereocenters. The average molecular weight is 552 g/mol. The van der Waals surface area contributed by atoms with Gasteiger partial charge in [0.1, 0.15) is 17.7 Å². The summed E-state index contributed by atoms with van der Waals surface area (Å²) in [7, 11) is 0. The lowest BCUT2D eigenvalue weighted by molar-refractivity contribution is -0.192. The number of aliphatic hydroxyl groups excluding tert-OH is 2. The van der Waals surface area contributed by atoms with E-state index in [4.69, 9.17) is 9.57 Å². The van der Waals surface area contributed by atoms with Crippen molar-refractivity contribution in [3.8, 4) is 11.8 Å². The monoisotopic (exact) mass is 551 g/mol. The van der Waals surface area contributed by atoms with Crippen LogP contribution in [0.2, 0.25) is 0 Å². The van der Waals surface area contributed by atoms with Gasteiger partial charge in [0.05, 0.1) is 19.3 Å². The Balaban J connectivity index is 1.61. The van der Waals surface area contributed by atoms with Crippen LogP contribution in [0.1, 0.15) is 56.4 Å². The number of aryl methyl sites for hydroxylation is 1. The predicted molar refractivity (Wildman–Crippen MR) is 152 cm³/mol. The lowest BCUT2D eigenvalue weighted by Crippen LogP contribution is -2.48. The molecule has 216 valence electrons. The van der Waals surface area contributed by atoms with Gasteiger partial charge in [-0.3, -0.25) is 9.63 Å². The van der Waals surface area contributed by atoms with Gasteiger partial charge in [0.15, 0.2) is 0 Å². The number of hydroxylamine groups is 2. The molecule has 9 nitrogen and oxygen atoms in total. The minimum atomic E-state index is -0.880. The molecule has 1 saturated heterocycles. The highest BCUT2D eigenvalue weighted by atomic mass is 16.7. The van der Waals surface area contributed by atoms with Gasteiger partial charge in [0.25, 0.3) is 0 Å². The normalized spacial score (nSPS) is 19.8. The average Bonchev–Trinajstić information content (AvgIpc) is 3.26. The van der Waals surface area contributed by atoms with Crippen LogP contribution in [0.15, 0.2) is 48.5 Å². The van der Waals surface area contributed by atoms with Gasteiger partial charge in [0, 0.05) is 30.1 Å². The number of benzene rings is 2. The molecule has 1 aliphatic heterocycles. The molecule has 0 saturated carbocycles. The zero-order valence-corrected chi connectivity index (χ0v) is 23.9. The van der Waals surface area contributed by atoms with Gasteiger partial charge in [-0.15, -0.1) is 0 Å². The number of nitrogens with one attached hydrogen (secondary N) is 2. The van der Waals surface area contributed by atoms with E-state index in [9.17, 15) is 19.8 Å². The standard InChI is InChI=1S/C31H41N3O6/c1-21-7-9-23(10-8-21)11-12-24-13-15-25(16-14-24)19-34-27(26(20-35)28(40-34)22(2)36)29(37)32-17-6-18-33-30(38)39-31(3,4)5/h7-10,13-16,22,26-28,35-36H,6,17-20H2,1-5H3,(H,32,37)(H,33,38)/t22-,26-,27-,28-/m0/s1. The van der Waals surface area contributed by atoms with Gasteiger partial charge in [-0.1, -0.05) is 41.7 Å². The summed E-state index contributed by atoms with van der Waals surface area (Å²) in [5.74, 6) is 5.38. The number of carbonyl (C=O) groups is 2. The maximum absolute atomic E-state index is 13.2. The molecule has 1 fully saturated rings. The quantitative estimate of drug-likeness (QED) is 0.279. The minimum absolute atomic E-state index is 0.281. The first-order valence-electron chi connectivity index (χ1n) is 13.6. The molecule has 4 N–H and O–H groups in total. The van der Waals surface area contributed by atoms with Crippen molar-refractivity contribution in [2.24, 2.45) is 5.92 Å². The summed E-state index contributed by atoms with van der Waals surface area (Å²) >= 11 is 0. The van der Waals surface area contributed by atoms with Gasteiger partial charge in [-0.25, -0.2) is 4.79 Å². The van der Waals surface area contributed by atoms with Crippen molar-refractivity contribution < 1.29 is 29.4 Å². The fourth-order valence-corrected chi connectivity index (χ4v) is 4.37. The Hall–Kier alpha value is -3.42. The smallest absolute Gasteiger partial charge is 0.407 e. The van der Waals surface area contributed by atoms with Crippen LogP contribution in [-0.4, -0.2) is 70.8 Å². The molecule has 0 spiro atoms. The van der Waals surface area contributed by atoms with E-state index in [2.05, 4.69) is 22.5 Å². The van der Waals surface area contributed by atoms with E-state index in [1.54, 1.807) is 27.7 Å². The summed E-state index contributed by atoms with van der Waals surface area (Å²) in [6.07, 6.45) is -1.63. The number of alkyl carbamates (subject to hydrolysis) is 1. The fraction of sp³-hybridized carbons (Fsp3) is 0.484. The number of amides is 2. The van der Waals surface area contributed by atoms with Crippen molar-refractivity contribution in [1.29, 1.82) is 0 Å². The largest absolute Gasteiger partial charge is 0.444 e. The van der Waals surface area contributed by atoms with Crippen LogP contribution in [0.25, 0.3) is 0 Å². The van der Waals surface area contributed by atoms with E-state index in [0.717, 1.165) is 16.7 Å².